The van der Waals surface area contributed by atoms with Crippen molar-refractivity contribution < 1.29 is 0 Å². The van der Waals surface area contributed by atoms with E-state index >= 15 is 0 Å². The van der Waals surface area contributed by atoms with E-state index in [1.807, 2.05) is 0 Å². The Kier molecular flexibility index (Phi) is 2.15. The van der Waals surface area contributed by atoms with Gasteiger partial charge in [0.25, 0.3) is 0 Å². The van der Waals surface area contributed by atoms with Crippen molar-refractivity contribution in [2.45, 2.75) is 51.9 Å². The molecule has 0 nitrogen and oxygen atoms in total. The van der Waals surface area contributed by atoms with E-state index in [0.717, 1.165) is 5.88 Å². The van der Waals surface area contributed by atoms with E-state index in [-0.39, 0.29) is 0 Å². The smallest absolute Gasteiger partial charge is 0.0280 e. The van der Waals surface area contributed by atoms with Gasteiger partial charge in [0.2, 0.25) is 0 Å². The fourth-order valence-corrected chi connectivity index (χ4v) is 3.21. The van der Waals surface area contributed by atoms with Crippen LogP contribution in [-0.2, 0) is 0 Å². The van der Waals surface area contributed by atoms with E-state index in [0.29, 0.717) is 10.8 Å². The van der Waals surface area contributed by atoms with E-state index in [9.17, 15) is 0 Å². The van der Waals surface area contributed by atoms with Crippen LogP contribution in [0.25, 0.3) is 0 Å². The van der Waals surface area contributed by atoms with Gasteiger partial charge in [0.15, 0.2) is 0 Å². The Morgan fingerprint density at radius 1 is 1.08 bits per heavy atom. The van der Waals surface area contributed by atoms with Crippen LogP contribution in [0.5, 0.6) is 0 Å². The van der Waals surface area contributed by atoms with Crippen LogP contribution in [0.1, 0.15) is 51.9 Å². The summed E-state index contributed by atoms with van der Waals surface area (Å²) in [5.41, 5.74) is 1.24. The third kappa shape index (κ3) is 1.64. The molecule has 0 atom stereocenters. The summed E-state index contributed by atoms with van der Waals surface area (Å²) >= 11 is 6.00. The maximum atomic E-state index is 6.00. The molecule has 70 valence electrons. The van der Waals surface area contributed by atoms with Crippen LogP contribution in [0.2, 0.25) is 0 Å². The molecule has 0 radical (unpaired) electrons. The molecule has 12 heavy (non-hydrogen) atoms. The Bertz CT molecular complexity index is 164. The summed E-state index contributed by atoms with van der Waals surface area (Å²) in [6, 6.07) is 0. The second-order valence-electron chi connectivity index (χ2n) is 5.33. The van der Waals surface area contributed by atoms with Crippen LogP contribution < -0.4 is 0 Å². The van der Waals surface area contributed by atoms with Gasteiger partial charge in [-0.1, -0.05) is 19.8 Å². The number of hydrogen-bond donors (Lipinski definition) is 0. The van der Waals surface area contributed by atoms with Crippen molar-refractivity contribution in [1.82, 2.24) is 0 Å². The largest absolute Gasteiger partial charge is 0.126 e. The molecule has 2 saturated carbocycles. The molecule has 0 amide bonds. The first-order valence-corrected chi connectivity index (χ1v) is 5.78. The Balaban J connectivity index is 1.92. The van der Waals surface area contributed by atoms with Crippen LogP contribution in [0, 0.1) is 10.8 Å². The maximum absolute atomic E-state index is 6.00. The fraction of sp³-hybridized carbons (Fsp3) is 1.00. The third-order valence-corrected chi connectivity index (χ3v) is 4.42. The van der Waals surface area contributed by atoms with Gasteiger partial charge in [-0.3, -0.25) is 0 Å². The van der Waals surface area contributed by atoms with Gasteiger partial charge in [0, 0.05) is 5.88 Å². The molecule has 2 aliphatic rings. The van der Waals surface area contributed by atoms with E-state index in [2.05, 4.69) is 6.92 Å². The number of alkyl halides is 1. The first kappa shape index (κ1) is 8.87. The van der Waals surface area contributed by atoms with E-state index in [4.69, 9.17) is 11.6 Å². The zero-order valence-corrected chi connectivity index (χ0v) is 8.79. The zero-order valence-electron chi connectivity index (χ0n) is 8.03. The van der Waals surface area contributed by atoms with Crippen LogP contribution in [0.4, 0.5) is 0 Å². The van der Waals surface area contributed by atoms with E-state index < -0.39 is 0 Å². The fourth-order valence-electron chi connectivity index (χ4n) is 2.85. The minimum absolute atomic E-state index is 0.584. The molecule has 1 heteroatoms. The summed E-state index contributed by atoms with van der Waals surface area (Å²) in [6.45, 7) is 2.46. The van der Waals surface area contributed by atoms with Crippen LogP contribution >= 0.6 is 11.6 Å². The highest BCUT2D eigenvalue weighted by Crippen LogP contribution is 2.57. The Hall–Kier alpha value is 0.290. The van der Waals surface area contributed by atoms with Gasteiger partial charge in [0.1, 0.15) is 0 Å². The van der Waals surface area contributed by atoms with Gasteiger partial charge < -0.3 is 0 Å². The molecule has 0 aromatic heterocycles. The molecule has 0 aliphatic heterocycles. The first-order valence-electron chi connectivity index (χ1n) is 5.24. The summed E-state index contributed by atoms with van der Waals surface area (Å²) in [5, 5.41) is 0. The van der Waals surface area contributed by atoms with Gasteiger partial charge in [0.05, 0.1) is 0 Å². The van der Waals surface area contributed by atoms with Crippen LogP contribution in [0.15, 0.2) is 0 Å². The lowest BCUT2D eigenvalue weighted by Gasteiger charge is -2.28. The van der Waals surface area contributed by atoms with Gasteiger partial charge in [-0.05, 0) is 42.9 Å². The van der Waals surface area contributed by atoms with Crippen LogP contribution in [0.3, 0.4) is 0 Å². The highest BCUT2D eigenvalue weighted by Gasteiger charge is 2.47. The minimum atomic E-state index is 0.584. The SMILES string of the molecule is CC1(CC2(CCl)CC2)CCCC1. The molecule has 0 aromatic rings. The standard InChI is InChI=1S/C11H19Cl/c1-10(4-2-3-5-10)8-11(9-12)6-7-11/h2-9H2,1H3. The number of hydrogen-bond acceptors (Lipinski definition) is 0. The van der Waals surface area contributed by atoms with E-state index in [1.54, 1.807) is 0 Å². The maximum Gasteiger partial charge on any atom is 0.0280 e. The van der Waals surface area contributed by atoms with Crippen molar-refractivity contribution in [3.05, 3.63) is 0 Å². The van der Waals surface area contributed by atoms with Crippen molar-refractivity contribution in [2.24, 2.45) is 10.8 Å². The van der Waals surface area contributed by atoms with Crippen molar-refractivity contribution in [2.75, 3.05) is 5.88 Å². The molecule has 0 spiro atoms. The summed E-state index contributed by atoms with van der Waals surface area (Å²) < 4.78 is 0. The molecular weight excluding hydrogens is 168 g/mol. The second kappa shape index (κ2) is 2.90. The molecule has 0 saturated heterocycles. The average Bonchev–Trinajstić information content (AvgIpc) is 2.68. The van der Waals surface area contributed by atoms with Gasteiger partial charge >= 0.3 is 0 Å². The topological polar surface area (TPSA) is 0 Å². The summed E-state index contributed by atoms with van der Waals surface area (Å²) in [6.07, 6.45) is 10.0. The normalized spacial score (nSPS) is 30.5. The minimum Gasteiger partial charge on any atom is -0.126 e. The Morgan fingerprint density at radius 3 is 2.08 bits per heavy atom. The van der Waals surface area contributed by atoms with Gasteiger partial charge in [-0.25, -0.2) is 0 Å². The molecule has 2 rings (SSSR count). The quantitative estimate of drug-likeness (QED) is 0.585. The first-order chi connectivity index (χ1) is 5.68. The van der Waals surface area contributed by atoms with Crippen molar-refractivity contribution in [3.8, 4) is 0 Å². The predicted molar refractivity (Wildman–Crippen MR) is 53.6 cm³/mol. The van der Waals surface area contributed by atoms with Crippen molar-refractivity contribution in [3.63, 3.8) is 0 Å². The lowest BCUT2D eigenvalue weighted by atomic mass is 9.78. The Morgan fingerprint density at radius 2 is 1.67 bits per heavy atom. The highest BCUT2D eigenvalue weighted by atomic mass is 35.5. The molecular formula is C11H19Cl. The van der Waals surface area contributed by atoms with Gasteiger partial charge in [-0.15, -0.1) is 11.6 Å². The zero-order chi connectivity index (χ0) is 8.66. The summed E-state index contributed by atoms with van der Waals surface area (Å²) in [4.78, 5) is 0. The molecule has 0 heterocycles. The Labute approximate surface area is 80.7 Å². The predicted octanol–water partition coefficient (Wildman–Crippen LogP) is 3.98. The lowest BCUT2D eigenvalue weighted by Crippen LogP contribution is -2.18. The molecule has 0 unspecified atom stereocenters. The molecule has 0 bridgehead atoms. The van der Waals surface area contributed by atoms with Crippen molar-refractivity contribution in [1.29, 1.82) is 0 Å². The molecule has 0 aromatic carbocycles. The van der Waals surface area contributed by atoms with Crippen LogP contribution in [-0.4, -0.2) is 5.88 Å². The number of halogens is 1. The molecule has 2 aliphatic carbocycles. The molecule has 0 N–H and O–H groups in total. The average molecular weight is 187 g/mol. The monoisotopic (exact) mass is 186 g/mol. The van der Waals surface area contributed by atoms with Crippen molar-refractivity contribution >= 4 is 11.6 Å². The third-order valence-electron chi connectivity index (χ3n) is 3.85. The van der Waals surface area contributed by atoms with Gasteiger partial charge in [-0.2, -0.15) is 0 Å². The summed E-state index contributed by atoms with van der Waals surface area (Å²) in [5.74, 6) is 0.905. The lowest BCUT2D eigenvalue weighted by molar-refractivity contribution is 0.246. The highest BCUT2D eigenvalue weighted by molar-refractivity contribution is 6.18. The molecule has 2 fully saturated rings. The number of rotatable bonds is 3. The van der Waals surface area contributed by atoms with E-state index in [1.165, 1.54) is 44.9 Å². The summed E-state index contributed by atoms with van der Waals surface area (Å²) in [7, 11) is 0. The second-order valence-corrected chi connectivity index (χ2v) is 5.60.